The third-order valence-electron chi connectivity index (χ3n) is 2.25. The van der Waals surface area contributed by atoms with Gasteiger partial charge < -0.3 is 4.74 Å². The Morgan fingerprint density at radius 2 is 2.20 bits per heavy atom. The van der Waals surface area contributed by atoms with Gasteiger partial charge in [0.2, 0.25) is 0 Å². The molecule has 1 aliphatic carbocycles. The number of ether oxygens (including phenoxy) is 1. The van der Waals surface area contributed by atoms with Crippen molar-refractivity contribution in [1.82, 2.24) is 0 Å². The Hall–Kier alpha value is -0.300. The zero-order valence-corrected chi connectivity index (χ0v) is 6.84. The highest BCUT2D eigenvalue weighted by Crippen LogP contribution is 2.21. The first-order chi connectivity index (χ1) is 4.86. The van der Waals surface area contributed by atoms with Gasteiger partial charge in [0.05, 0.1) is 6.10 Å². The summed E-state index contributed by atoms with van der Waals surface area (Å²) in [6.45, 7) is 2.24. The third-order valence-corrected chi connectivity index (χ3v) is 2.25. The molecule has 0 saturated heterocycles. The molecule has 0 aromatic rings. The molecule has 1 aliphatic rings. The summed E-state index contributed by atoms with van der Waals surface area (Å²) in [6, 6.07) is 0. The van der Waals surface area contributed by atoms with Crippen LogP contribution in [-0.2, 0) is 4.74 Å². The Labute approximate surface area is 63.1 Å². The van der Waals surface area contributed by atoms with Gasteiger partial charge in [0.25, 0.3) is 0 Å². The van der Waals surface area contributed by atoms with Crippen LogP contribution in [0.1, 0.15) is 26.2 Å². The van der Waals surface area contributed by atoms with Crippen LogP contribution < -0.4 is 0 Å². The summed E-state index contributed by atoms with van der Waals surface area (Å²) in [4.78, 5) is 0. The molecule has 1 heteroatoms. The molecule has 0 aromatic heterocycles. The second-order valence-electron chi connectivity index (χ2n) is 2.90. The summed E-state index contributed by atoms with van der Waals surface area (Å²) in [5, 5.41) is 0. The molecule has 0 spiro atoms. The van der Waals surface area contributed by atoms with Crippen LogP contribution in [0.15, 0.2) is 12.2 Å². The average molecular weight is 140 g/mol. The molecule has 1 nitrogen and oxygen atoms in total. The lowest BCUT2D eigenvalue weighted by molar-refractivity contribution is 0.122. The molecule has 58 valence electrons. The predicted molar refractivity (Wildman–Crippen MR) is 43.0 cm³/mol. The van der Waals surface area contributed by atoms with Crippen LogP contribution in [0, 0.1) is 5.92 Å². The smallest absolute Gasteiger partial charge is 0.0752 e. The molecule has 0 aromatic carbocycles. The highest BCUT2D eigenvalue weighted by Gasteiger charge is 2.12. The highest BCUT2D eigenvalue weighted by molar-refractivity contribution is 4.98. The fourth-order valence-electron chi connectivity index (χ4n) is 1.39. The van der Waals surface area contributed by atoms with Gasteiger partial charge in [-0.05, 0) is 25.2 Å². The summed E-state index contributed by atoms with van der Waals surface area (Å²) < 4.78 is 5.20. The third kappa shape index (κ3) is 1.84. The quantitative estimate of drug-likeness (QED) is 0.535. The van der Waals surface area contributed by atoms with Crippen LogP contribution >= 0.6 is 0 Å². The number of methoxy groups -OCH3 is 1. The van der Waals surface area contributed by atoms with Crippen molar-refractivity contribution in [2.75, 3.05) is 7.11 Å². The Morgan fingerprint density at radius 3 is 2.60 bits per heavy atom. The minimum atomic E-state index is 0.391. The molecule has 0 amide bonds. The molecule has 0 saturated carbocycles. The van der Waals surface area contributed by atoms with Gasteiger partial charge in [-0.15, -0.1) is 0 Å². The van der Waals surface area contributed by atoms with E-state index in [1.165, 1.54) is 19.3 Å². The minimum Gasteiger partial charge on any atom is -0.377 e. The van der Waals surface area contributed by atoms with Crippen LogP contribution in [0.3, 0.4) is 0 Å². The number of hydrogen-bond acceptors (Lipinski definition) is 1. The molecule has 0 N–H and O–H groups in total. The Balaban J connectivity index is 2.36. The van der Waals surface area contributed by atoms with Gasteiger partial charge in [0.15, 0.2) is 0 Å². The first-order valence-corrected chi connectivity index (χ1v) is 4.08. The predicted octanol–water partition coefficient (Wildman–Crippen LogP) is 2.38. The van der Waals surface area contributed by atoms with Crippen LogP contribution in [-0.4, -0.2) is 13.2 Å². The topological polar surface area (TPSA) is 9.23 Å². The number of rotatable bonds is 2. The number of hydrogen-bond donors (Lipinski definition) is 0. The van der Waals surface area contributed by atoms with Crippen LogP contribution in [0.4, 0.5) is 0 Å². The average Bonchev–Trinajstić information content (AvgIpc) is 2.05. The molecular formula is C9H16O. The molecular weight excluding hydrogens is 124 g/mol. The van der Waals surface area contributed by atoms with Crippen molar-refractivity contribution in [1.29, 1.82) is 0 Å². The van der Waals surface area contributed by atoms with E-state index in [4.69, 9.17) is 4.74 Å². The van der Waals surface area contributed by atoms with E-state index in [1.54, 1.807) is 7.11 Å². The first-order valence-electron chi connectivity index (χ1n) is 4.08. The molecule has 0 radical (unpaired) electrons. The van der Waals surface area contributed by atoms with E-state index in [2.05, 4.69) is 19.1 Å². The van der Waals surface area contributed by atoms with Crippen molar-refractivity contribution >= 4 is 0 Å². The molecule has 0 aliphatic heterocycles. The molecule has 10 heavy (non-hydrogen) atoms. The number of allylic oxidation sites excluding steroid dienone is 1. The van der Waals surface area contributed by atoms with Crippen molar-refractivity contribution in [2.45, 2.75) is 32.3 Å². The van der Waals surface area contributed by atoms with Crippen LogP contribution in [0.2, 0.25) is 0 Å². The lowest BCUT2D eigenvalue weighted by Crippen LogP contribution is -2.14. The maximum atomic E-state index is 5.20. The zero-order chi connectivity index (χ0) is 7.40. The fraction of sp³-hybridized carbons (Fsp3) is 0.778. The lowest BCUT2D eigenvalue weighted by atomic mass is 9.92. The van der Waals surface area contributed by atoms with Gasteiger partial charge in [-0.2, -0.15) is 0 Å². The maximum Gasteiger partial charge on any atom is 0.0752 e. The first kappa shape index (κ1) is 7.80. The van der Waals surface area contributed by atoms with E-state index >= 15 is 0 Å². The Kier molecular flexibility index (Phi) is 2.94. The van der Waals surface area contributed by atoms with Gasteiger partial charge >= 0.3 is 0 Å². The normalized spacial score (nSPS) is 32.6. The summed E-state index contributed by atoms with van der Waals surface area (Å²) in [6.07, 6.45) is 8.64. The van der Waals surface area contributed by atoms with Gasteiger partial charge in [0.1, 0.15) is 0 Å². The molecule has 0 fully saturated rings. The van der Waals surface area contributed by atoms with Crippen molar-refractivity contribution in [3.05, 3.63) is 12.2 Å². The van der Waals surface area contributed by atoms with E-state index < -0.39 is 0 Å². The van der Waals surface area contributed by atoms with Gasteiger partial charge in [-0.25, -0.2) is 0 Å². The second kappa shape index (κ2) is 3.77. The molecule has 2 atom stereocenters. The van der Waals surface area contributed by atoms with Crippen molar-refractivity contribution in [3.63, 3.8) is 0 Å². The molecule has 1 rings (SSSR count). The SMILES string of the molecule is CCC1C=CC(OC)CC1. The zero-order valence-electron chi connectivity index (χ0n) is 6.84. The summed E-state index contributed by atoms with van der Waals surface area (Å²) in [5.74, 6) is 0.811. The summed E-state index contributed by atoms with van der Waals surface area (Å²) >= 11 is 0. The van der Waals surface area contributed by atoms with Crippen LogP contribution in [0.25, 0.3) is 0 Å². The van der Waals surface area contributed by atoms with E-state index in [1.807, 2.05) is 0 Å². The molecule has 2 unspecified atom stereocenters. The van der Waals surface area contributed by atoms with Gasteiger partial charge in [-0.3, -0.25) is 0 Å². The van der Waals surface area contributed by atoms with Gasteiger partial charge in [0, 0.05) is 7.11 Å². The van der Waals surface area contributed by atoms with Crippen molar-refractivity contribution in [3.8, 4) is 0 Å². The van der Waals surface area contributed by atoms with E-state index in [-0.39, 0.29) is 0 Å². The Bertz CT molecular complexity index is 104. The van der Waals surface area contributed by atoms with Crippen LogP contribution in [0.5, 0.6) is 0 Å². The maximum absolute atomic E-state index is 5.20. The summed E-state index contributed by atoms with van der Waals surface area (Å²) in [5.41, 5.74) is 0. The lowest BCUT2D eigenvalue weighted by Gasteiger charge is -2.20. The highest BCUT2D eigenvalue weighted by atomic mass is 16.5. The standard InChI is InChI=1S/C9H16O/c1-3-8-4-6-9(10-2)7-5-8/h4,6,8-9H,3,5,7H2,1-2H3. The minimum absolute atomic E-state index is 0.391. The summed E-state index contributed by atoms with van der Waals surface area (Å²) in [7, 11) is 1.78. The van der Waals surface area contributed by atoms with E-state index in [0.29, 0.717) is 6.10 Å². The Morgan fingerprint density at radius 1 is 1.40 bits per heavy atom. The van der Waals surface area contributed by atoms with Crippen molar-refractivity contribution < 1.29 is 4.74 Å². The largest absolute Gasteiger partial charge is 0.377 e. The van der Waals surface area contributed by atoms with E-state index in [0.717, 1.165) is 5.92 Å². The second-order valence-corrected chi connectivity index (χ2v) is 2.90. The molecule has 0 heterocycles. The molecule has 0 bridgehead atoms. The van der Waals surface area contributed by atoms with Gasteiger partial charge in [-0.1, -0.05) is 19.1 Å². The van der Waals surface area contributed by atoms with Crippen molar-refractivity contribution in [2.24, 2.45) is 5.92 Å². The van der Waals surface area contributed by atoms with E-state index in [9.17, 15) is 0 Å². The monoisotopic (exact) mass is 140 g/mol. The fourth-order valence-corrected chi connectivity index (χ4v) is 1.39.